The second-order valence-corrected chi connectivity index (χ2v) is 7.37. The molecule has 0 aromatic heterocycles. The van der Waals surface area contributed by atoms with Crippen molar-refractivity contribution in [3.63, 3.8) is 0 Å². The first-order chi connectivity index (χ1) is 11.8. The van der Waals surface area contributed by atoms with Gasteiger partial charge in [-0.2, -0.15) is 0 Å². The Bertz CT molecular complexity index is 897. The molecular formula is C16H16BrNO6S. The molecule has 0 aliphatic heterocycles. The topological polar surface area (TPSA) is 90.9 Å². The van der Waals surface area contributed by atoms with E-state index in [-0.39, 0.29) is 16.1 Å². The maximum Gasteiger partial charge on any atom is 0.339 e. The van der Waals surface area contributed by atoms with Gasteiger partial charge in [0.05, 0.1) is 32.6 Å². The Balaban J connectivity index is 2.52. The summed E-state index contributed by atoms with van der Waals surface area (Å²) in [6.45, 7) is 0. The fraction of sp³-hybridized carbons (Fsp3) is 0.188. The van der Waals surface area contributed by atoms with Crippen molar-refractivity contribution in [3.05, 3.63) is 46.4 Å². The van der Waals surface area contributed by atoms with Crippen LogP contribution in [0.25, 0.3) is 0 Å². The fourth-order valence-corrected chi connectivity index (χ4v) is 3.70. The van der Waals surface area contributed by atoms with Gasteiger partial charge < -0.3 is 14.2 Å². The van der Waals surface area contributed by atoms with Crippen LogP contribution in [0, 0.1) is 0 Å². The molecule has 0 saturated heterocycles. The summed E-state index contributed by atoms with van der Waals surface area (Å²) in [5, 5.41) is 0. The van der Waals surface area contributed by atoms with Crippen LogP contribution >= 0.6 is 15.9 Å². The molecule has 1 N–H and O–H groups in total. The number of ether oxygens (including phenoxy) is 3. The molecule has 2 rings (SSSR count). The van der Waals surface area contributed by atoms with E-state index in [4.69, 9.17) is 9.47 Å². The molecule has 0 aliphatic rings. The minimum Gasteiger partial charge on any atom is -0.497 e. The zero-order valence-corrected chi connectivity index (χ0v) is 16.1. The van der Waals surface area contributed by atoms with Gasteiger partial charge in [0.15, 0.2) is 0 Å². The number of anilines is 1. The molecule has 2 aromatic rings. The van der Waals surface area contributed by atoms with Crippen LogP contribution in [0.15, 0.2) is 45.8 Å². The van der Waals surface area contributed by atoms with Crippen LogP contribution in [0.2, 0.25) is 0 Å². The second-order valence-electron chi connectivity index (χ2n) is 4.80. The van der Waals surface area contributed by atoms with Gasteiger partial charge in [-0.1, -0.05) is 15.9 Å². The van der Waals surface area contributed by atoms with Crippen molar-refractivity contribution in [2.45, 2.75) is 4.90 Å². The van der Waals surface area contributed by atoms with Gasteiger partial charge in [0.2, 0.25) is 0 Å². The number of halogens is 1. The number of carbonyl (C=O) groups excluding carboxylic acids is 1. The lowest BCUT2D eigenvalue weighted by molar-refractivity contribution is 0.0596. The van der Waals surface area contributed by atoms with E-state index in [1.54, 1.807) is 12.1 Å². The van der Waals surface area contributed by atoms with Crippen LogP contribution in [-0.2, 0) is 14.8 Å². The molecule has 0 saturated carbocycles. The summed E-state index contributed by atoms with van der Waals surface area (Å²) in [6, 6.07) is 8.89. The first-order valence-electron chi connectivity index (χ1n) is 6.95. The molecule has 2 aromatic carbocycles. The number of benzene rings is 2. The van der Waals surface area contributed by atoms with Crippen LogP contribution in [0.4, 0.5) is 5.69 Å². The van der Waals surface area contributed by atoms with E-state index in [0.29, 0.717) is 16.0 Å². The van der Waals surface area contributed by atoms with Gasteiger partial charge in [0.1, 0.15) is 16.4 Å². The Kier molecular flexibility index (Phi) is 5.91. The van der Waals surface area contributed by atoms with E-state index < -0.39 is 16.0 Å². The Morgan fingerprint density at radius 3 is 2.36 bits per heavy atom. The van der Waals surface area contributed by atoms with E-state index in [1.165, 1.54) is 45.6 Å². The number of hydrogen-bond acceptors (Lipinski definition) is 6. The molecular weight excluding hydrogens is 414 g/mol. The van der Waals surface area contributed by atoms with Crippen molar-refractivity contribution in [1.82, 2.24) is 0 Å². The molecule has 0 aliphatic carbocycles. The second kappa shape index (κ2) is 7.75. The van der Waals surface area contributed by atoms with E-state index >= 15 is 0 Å². The summed E-state index contributed by atoms with van der Waals surface area (Å²) >= 11 is 3.21. The van der Waals surface area contributed by atoms with Crippen molar-refractivity contribution in [2.75, 3.05) is 26.1 Å². The Hall–Kier alpha value is -2.26. The lowest BCUT2D eigenvalue weighted by Gasteiger charge is -2.15. The smallest absolute Gasteiger partial charge is 0.339 e. The average Bonchev–Trinajstić information content (AvgIpc) is 2.60. The Morgan fingerprint density at radius 1 is 1.04 bits per heavy atom. The van der Waals surface area contributed by atoms with Crippen LogP contribution in [0.5, 0.6) is 11.5 Å². The predicted octanol–water partition coefficient (Wildman–Crippen LogP) is 3.05. The molecule has 0 unspecified atom stereocenters. The number of esters is 1. The van der Waals surface area contributed by atoms with Crippen LogP contribution in [-0.4, -0.2) is 35.7 Å². The number of rotatable bonds is 6. The maximum absolute atomic E-state index is 12.8. The van der Waals surface area contributed by atoms with E-state index in [0.717, 1.165) is 0 Å². The molecule has 0 atom stereocenters. The number of methoxy groups -OCH3 is 3. The summed E-state index contributed by atoms with van der Waals surface area (Å²) in [5.41, 5.74) is 0.0897. The monoisotopic (exact) mass is 429 g/mol. The Labute approximate surface area is 154 Å². The van der Waals surface area contributed by atoms with Crippen LogP contribution in [0.3, 0.4) is 0 Å². The standard InChI is InChI=1S/C16H16BrNO6S/c1-22-11-5-6-14(23-2)13(9-11)18-25(20,21)15-7-4-10(17)8-12(15)16(19)24-3/h4-9,18H,1-3H3. The van der Waals surface area contributed by atoms with E-state index in [2.05, 4.69) is 25.4 Å². The quantitative estimate of drug-likeness (QED) is 0.709. The third-order valence-corrected chi connectivity index (χ3v) is 5.20. The van der Waals surface area contributed by atoms with Crippen LogP contribution < -0.4 is 14.2 Å². The summed E-state index contributed by atoms with van der Waals surface area (Å²) in [5.74, 6) is -0.0112. The first-order valence-corrected chi connectivity index (χ1v) is 9.22. The van der Waals surface area contributed by atoms with Crippen molar-refractivity contribution >= 4 is 37.6 Å². The molecule has 0 heterocycles. The van der Waals surface area contributed by atoms with Gasteiger partial charge in [-0.05, 0) is 30.3 Å². The molecule has 9 heteroatoms. The lowest BCUT2D eigenvalue weighted by Crippen LogP contribution is -2.18. The van der Waals surface area contributed by atoms with Gasteiger partial charge in [0.25, 0.3) is 10.0 Å². The molecule has 7 nitrogen and oxygen atoms in total. The zero-order chi connectivity index (χ0) is 18.6. The number of carbonyl (C=O) groups is 1. The molecule has 0 spiro atoms. The summed E-state index contributed by atoms with van der Waals surface area (Å²) in [4.78, 5) is 11.7. The minimum absolute atomic E-state index is 0.0914. The number of nitrogens with one attached hydrogen (secondary N) is 1. The molecule has 134 valence electrons. The summed E-state index contributed by atoms with van der Waals surface area (Å²) in [6.07, 6.45) is 0. The highest BCUT2D eigenvalue weighted by Crippen LogP contribution is 2.32. The van der Waals surface area contributed by atoms with Gasteiger partial charge in [-0.15, -0.1) is 0 Å². The van der Waals surface area contributed by atoms with Crippen molar-refractivity contribution in [3.8, 4) is 11.5 Å². The minimum atomic E-state index is -4.08. The molecule has 25 heavy (non-hydrogen) atoms. The third-order valence-electron chi connectivity index (χ3n) is 3.29. The lowest BCUT2D eigenvalue weighted by atomic mass is 10.2. The molecule has 0 radical (unpaired) electrons. The SMILES string of the molecule is COC(=O)c1cc(Br)ccc1S(=O)(=O)Nc1cc(OC)ccc1OC. The van der Waals surface area contributed by atoms with Crippen molar-refractivity contribution in [1.29, 1.82) is 0 Å². The van der Waals surface area contributed by atoms with Gasteiger partial charge in [-0.3, -0.25) is 4.72 Å². The maximum atomic E-state index is 12.8. The Morgan fingerprint density at radius 2 is 1.76 bits per heavy atom. The van der Waals surface area contributed by atoms with E-state index in [9.17, 15) is 13.2 Å². The molecule has 0 amide bonds. The fourth-order valence-electron chi connectivity index (χ4n) is 2.10. The van der Waals surface area contributed by atoms with Gasteiger partial charge in [0, 0.05) is 10.5 Å². The number of hydrogen-bond donors (Lipinski definition) is 1. The van der Waals surface area contributed by atoms with E-state index in [1.807, 2.05) is 0 Å². The normalized spacial score (nSPS) is 10.9. The highest BCUT2D eigenvalue weighted by atomic mass is 79.9. The predicted molar refractivity (Wildman–Crippen MR) is 95.8 cm³/mol. The first kappa shape index (κ1) is 19.1. The van der Waals surface area contributed by atoms with Crippen molar-refractivity contribution in [2.24, 2.45) is 0 Å². The van der Waals surface area contributed by atoms with Crippen LogP contribution in [0.1, 0.15) is 10.4 Å². The average molecular weight is 430 g/mol. The third kappa shape index (κ3) is 4.23. The molecule has 0 bridgehead atoms. The van der Waals surface area contributed by atoms with Gasteiger partial charge in [-0.25, -0.2) is 13.2 Å². The van der Waals surface area contributed by atoms with Gasteiger partial charge >= 0.3 is 5.97 Å². The molecule has 0 fully saturated rings. The number of sulfonamides is 1. The zero-order valence-electron chi connectivity index (χ0n) is 13.7. The summed E-state index contributed by atoms with van der Waals surface area (Å²) in [7, 11) is -0.0237. The summed E-state index contributed by atoms with van der Waals surface area (Å²) < 4.78 is 43.5. The largest absolute Gasteiger partial charge is 0.497 e. The highest BCUT2D eigenvalue weighted by molar-refractivity contribution is 9.10. The van der Waals surface area contributed by atoms with Crippen molar-refractivity contribution < 1.29 is 27.4 Å². The highest BCUT2D eigenvalue weighted by Gasteiger charge is 2.24.